The molecule has 0 aliphatic rings. The summed E-state index contributed by atoms with van der Waals surface area (Å²) in [6.07, 6.45) is 3.17. The number of methoxy groups -OCH3 is 1. The molecule has 2 aromatic carbocycles. The Labute approximate surface area is 255 Å². The number of aryl methyl sites for hydroxylation is 4. The molecule has 2 heterocycles. The molecular weight excluding hydrogens is 569 g/mol. The second-order valence-corrected chi connectivity index (χ2v) is 13.9. The van der Waals surface area contributed by atoms with Crippen molar-refractivity contribution >= 4 is 66.4 Å². The fraction of sp³-hybridized carbons (Fsp3) is 0.412. The van der Waals surface area contributed by atoms with Gasteiger partial charge in [0.15, 0.2) is 11.6 Å². The molecule has 0 unspecified atom stereocenters. The van der Waals surface area contributed by atoms with E-state index in [1.807, 2.05) is 32.9 Å². The third-order valence-corrected chi connectivity index (χ3v) is 9.31. The van der Waals surface area contributed by atoms with Gasteiger partial charge in [-0.1, -0.05) is 12.1 Å². The molecule has 4 aromatic rings. The number of rotatable bonds is 12. The van der Waals surface area contributed by atoms with Gasteiger partial charge < -0.3 is 9.47 Å². The highest BCUT2D eigenvalue weighted by atomic mass is 32.1. The van der Waals surface area contributed by atoms with Gasteiger partial charge in [0.1, 0.15) is 5.60 Å². The molecule has 6 nitrogen and oxygen atoms in total. The monoisotopic (exact) mass is 606 g/mol. The van der Waals surface area contributed by atoms with E-state index in [-0.39, 0.29) is 49.2 Å². The van der Waals surface area contributed by atoms with Crippen molar-refractivity contribution in [2.75, 3.05) is 7.11 Å². The molecule has 8 heteroatoms. The Balaban J connectivity index is 1.42. The molecule has 222 valence electrons. The Morgan fingerprint density at radius 1 is 0.714 bits per heavy atom. The summed E-state index contributed by atoms with van der Waals surface area (Å²) in [4.78, 5) is 50.4. The molecular formula is C34H38O6S2. The Hall–Kier alpha value is -3.36. The first kappa shape index (κ1) is 31.6. The van der Waals surface area contributed by atoms with Crippen LogP contribution in [0.25, 0.3) is 20.2 Å². The number of ketones is 2. The minimum Gasteiger partial charge on any atom is -0.469 e. The van der Waals surface area contributed by atoms with Crippen molar-refractivity contribution in [3.8, 4) is 0 Å². The van der Waals surface area contributed by atoms with Crippen molar-refractivity contribution in [3.05, 3.63) is 68.4 Å². The van der Waals surface area contributed by atoms with E-state index >= 15 is 0 Å². The minimum atomic E-state index is -0.560. The summed E-state index contributed by atoms with van der Waals surface area (Å²) in [6, 6.07) is 12.5. The second-order valence-electron chi connectivity index (χ2n) is 11.7. The van der Waals surface area contributed by atoms with Crippen LogP contribution in [-0.2, 0) is 31.9 Å². The van der Waals surface area contributed by atoms with Gasteiger partial charge in [-0.3, -0.25) is 19.2 Å². The van der Waals surface area contributed by atoms with Gasteiger partial charge in [-0.15, -0.1) is 22.7 Å². The smallest absolute Gasteiger partial charge is 0.306 e. The SMILES string of the molecule is COC(=O)CCC(=O)c1cc2c(CCCc3cc4sc(C(=O)CCC(=O)OC(C)(C)C)cc4cc3C)cc(C)cc2s1. The lowest BCUT2D eigenvalue weighted by Gasteiger charge is -2.19. The summed E-state index contributed by atoms with van der Waals surface area (Å²) < 4.78 is 12.2. The zero-order chi connectivity index (χ0) is 30.6. The molecule has 0 saturated heterocycles. The van der Waals surface area contributed by atoms with Gasteiger partial charge in [-0.2, -0.15) is 0 Å². The number of fused-ring (bicyclic) bond motifs is 2. The van der Waals surface area contributed by atoms with Crippen LogP contribution < -0.4 is 0 Å². The Morgan fingerprint density at radius 2 is 1.33 bits per heavy atom. The van der Waals surface area contributed by atoms with E-state index in [1.54, 1.807) is 0 Å². The van der Waals surface area contributed by atoms with Crippen molar-refractivity contribution in [1.82, 2.24) is 0 Å². The van der Waals surface area contributed by atoms with Crippen molar-refractivity contribution in [3.63, 3.8) is 0 Å². The molecule has 42 heavy (non-hydrogen) atoms. The van der Waals surface area contributed by atoms with Crippen LogP contribution in [0.2, 0.25) is 0 Å². The molecule has 0 bridgehead atoms. The zero-order valence-electron chi connectivity index (χ0n) is 25.2. The number of thiophene rings is 2. The van der Waals surface area contributed by atoms with Gasteiger partial charge in [-0.25, -0.2) is 0 Å². The molecule has 0 aliphatic heterocycles. The van der Waals surface area contributed by atoms with Crippen LogP contribution in [0.3, 0.4) is 0 Å². The minimum absolute atomic E-state index is 0.0345. The van der Waals surface area contributed by atoms with E-state index in [0.29, 0.717) is 9.75 Å². The first-order chi connectivity index (χ1) is 19.8. The number of hydrogen-bond acceptors (Lipinski definition) is 8. The summed E-state index contributed by atoms with van der Waals surface area (Å²) in [5, 5.41) is 2.15. The lowest BCUT2D eigenvalue weighted by molar-refractivity contribution is -0.154. The molecule has 0 spiro atoms. The van der Waals surface area contributed by atoms with Gasteiger partial charge >= 0.3 is 11.9 Å². The summed E-state index contributed by atoms with van der Waals surface area (Å²) in [7, 11) is 1.33. The maximum Gasteiger partial charge on any atom is 0.306 e. The first-order valence-electron chi connectivity index (χ1n) is 14.2. The number of carbonyl (C=O) groups excluding carboxylic acids is 4. The second kappa shape index (κ2) is 13.3. The van der Waals surface area contributed by atoms with E-state index in [1.165, 1.54) is 46.5 Å². The van der Waals surface area contributed by atoms with E-state index in [2.05, 4.69) is 42.8 Å². The number of benzene rings is 2. The molecule has 0 aliphatic carbocycles. The van der Waals surface area contributed by atoms with Crippen LogP contribution in [0.4, 0.5) is 0 Å². The lowest BCUT2D eigenvalue weighted by atomic mass is 9.97. The average molecular weight is 607 g/mol. The summed E-state index contributed by atoms with van der Waals surface area (Å²) in [6.45, 7) is 9.63. The van der Waals surface area contributed by atoms with Gasteiger partial charge in [0, 0.05) is 22.2 Å². The van der Waals surface area contributed by atoms with E-state index in [4.69, 9.17) is 4.74 Å². The van der Waals surface area contributed by atoms with Crippen LogP contribution in [0.15, 0.2) is 36.4 Å². The average Bonchev–Trinajstić information content (AvgIpc) is 3.53. The fourth-order valence-electron chi connectivity index (χ4n) is 5.00. The highest BCUT2D eigenvalue weighted by Gasteiger charge is 2.19. The van der Waals surface area contributed by atoms with E-state index in [0.717, 1.165) is 45.0 Å². The zero-order valence-corrected chi connectivity index (χ0v) is 26.8. The molecule has 2 aromatic heterocycles. The third-order valence-electron chi connectivity index (χ3n) is 7.04. The van der Waals surface area contributed by atoms with Crippen LogP contribution in [0, 0.1) is 13.8 Å². The summed E-state index contributed by atoms with van der Waals surface area (Å²) >= 11 is 2.96. The maximum atomic E-state index is 12.8. The van der Waals surface area contributed by atoms with Crippen molar-refractivity contribution in [1.29, 1.82) is 0 Å². The molecule has 0 N–H and O–H groups in total. The quantitative estimate of drug-likeness (QED) is 0.119. The van der Waals surface area contributed by atoms with Crippen LogP contribution in [-0.4, -0.2) is 36.2 Å². The van der Waals surface area contributed by atoms with Crippen molar-refractivity contribution in [2.45, 2.75) is 85.2 Å². The van der Waals surface area contributed by atoms with Crippen LogP contribution in [0.1, 0.15) is 94.5 Å². The Morgan fingerprint density at radius 3 is 2.00 bits per heavy atom. The van der Waals surface area contributed by atoms with Gasteiger partial charge in [0.2, 0.25) is 0 Å². The standard InChI is InChI=1S/C34H38O6S2/c1-20-14-23(25-19-31(42-29(25)15-20)27(36)10-12-32(37)39-6)9-7-8-22-17-28-24(16-21(22)2)18-30(41-28)26(35)11-13-33(38)40-34(3,4)5/h14-19H,7-13H2,1-6H3. The predicted molar refractivity (Wildman–Crippen MR) is 170 cm³/mol. The summed E-state index contributed by atoms with van der Waals surface area (Å²) in [5.41, 5.74) is 4.27. The maximum absolute atomic E-state index is 12.8. The lowest BCUT2D eigenvalue weighted by Crippen LogP contribution is -2.24. The van der Waals surface area contributed by atoms with Crippen molar-refractivity contribution < 1.29 is 28.7 Å². The van der Waals surface area contributed by atoms with Gasteiger partial charge in [0.25, 0.3) is 0 Å². The number of Topliss-reactive ketones (excluding diaryl/α,β-unsaturated/α-hetero) is 2. The highest BCUT2D eigenvalue weighted by Crippen LogP contribution is 2.33. The van der Waals surface area contributed by atoms with Crippen LogP contribution in [0.5, 0.6) is 0 Å². The topological polar surface area (TPSA) is 86.7 Å². The Kier molecular flexibility index (Phi) is 10.00. The Bertz CT molecular complexity index is 1650. The molecule has 0 saturated carbocycles. The molecule has 0 atom stereocenters. The number of hydrogen-bond donors (Lipinski definition) is 0. The molecule has 4 rings (SSSR count). The molecule has 0 amide bonds. The van der Waals surface area contributed by atoms with E-state index < -0.39 is 5.60 Å². The van der Waals surface area contributed by atoms with Crippen LogP contribution >= 0.6 is 22.7 Å². The highest BCUT2D eigenvalue weighted by molar-refractivity contribution is 7.21. The number of esters is 2. The molecule has 0 fully saturated rings. The number of ether oxygens (including phenoxy) is 2. The molecule has 0 radical (unpaired) electrons. The first-order valence-corrected chi connectivity index (χ1v) is 15.9. The third kappa shape index (κ3) is 8.13. The predicted octanol–water partition coefficient (Wildman–Crippen LogP) is 8.35. The largest absolute Gasteiger partial charge is 0.469 e. The van der Waals surface area contributed by atoms with Crippen molar-refractivity contribution in [2.24, 2.45) is 0 Å². The van der Waals surface area contributed by atoms with Gasteiger partial charge in [-0.05, 0) is 111 Å². The normalized spacial score (nSPS) is 11.7. The number of carbonyl (C=O) groups is 4. The van der Waals surface area contributed by atoms with Gasteiger partial charge in [0.05, 0.1) is 29.7 Å². The summed E-state index contributed by atoms with van der Waals surface area (Å²) in [5.74, 6) is -0.806. The van der Waals surface area contributed by atoms with E-state index in [9.17, 15) is 19.2 Å². The fourth-order valence-corrected chi connectivity index (χ4v) is 7.25.